The van der Waals surface area contributed by atoms with Gasteiger partial charge in [-0.2, -0.15) is 0 Å². The lowest BCUT2D eigenvalue weighted by Crippen LogP contribution is -1.95. The molecular weight excluding hydrogens is 114 g/mol. The highest BCUT2D eigenvalue weighted by Gasteiger charge is 1.85. The second-order valence-corrected chi connectivity index (χ2v) is 2.08. The monoisotopic (exact) mass is 128 g/mol. The maximum atomic E-state index is 4.89. The summed E-state index contributed by atoms with van der Waals surface area (Å²) in [5.41, 5.74) is 0. The zero-order chi connectivity index (χ0) is 7.11. The Kier molecular flexibility index (Phi) is 5.27. The average molecular weight is 128 g/mol. The fourth-order valence-electron chi connectivity index (χ4n) is 0.309. The predicted octanol–water partition coefficient (Wildman–Crippen LogP) is 2.01. The third-order valence-corrected chi connectivity index (χ3v) is 0.679. The van der Waals surface area contributed by atoms with Crippen LogP contribution < -0.4 is 0 Å². The van der Waals surface area contributed by atoms with E-state index in [1.807, 2.05) is 13.8 Å². The lowest BCUT2D eigenvalue weighted by molar-refractivity contribution is 0.0868. The topological polar surface area (TPSA) is 21.6 Å². The third kappa shape index (κ3) is 7.47. The molecule has 0 aliphatic heterocycles. The minimum absolute atomic E-state index is 0.186. The Morgan fingerprint density at radius 2 is 2.33 bits per heavy atom. The third-order valence-electron chi connectivity index (χ3n) is 0.679. The van der Waals surface area contributed by atoms with Gasteiger partial charge in [0.05, 0.1) is 0 Å². The van der Waals surface area contributed by atoms with Crippen LogP contribution in [0.4, 0.5) is 0 Å². The minimum atomic E-state index is 0.186. The van der Waals surface area contributed by atoms with Gasteiger partial charge >= 0.3 is 0 Å². The summed E-state index contributed by atoms with van der Waals surface area (Å²) in [6.07, 6.45) is 3.70. The summed E-state index contributed by atoms with van der Waals surface area (Å²) in [6.45, 7) is 7.55. The number of hydrogen-bond acceptors (Lipinski definition) is 2. The van der Waals surface area contributed by atoms with E-state index in [-0.39, 0.29) is 6.10 Å². The SMILES string of the molecule is [CH2]CC/C=N/OC(C)C. The van der Waals surface area contributed by atoms with Crippen LogP contribution >= 0.6 is 0 Å². The molecular formula is C7H14NO. The fraction of sp³-hybridized carbons (Fsp3) is 0.714. The zero-order valence-corrected chi connectivity index (χ0v) is 6.13. The molecule has 0 spiro atoms. The van der Waals surface area contributed by atoms with E-state index >= 15 is 0 Å². The van der Waals surface area contributed by atoms with E-state index in [1.54, 1.807) is 6.21 Å². The molecule has 0 fully saturated rings. The molecule has 1 radical (unpaired) electrons. The Bertz CT molecular complexity index is 79.0. The van der Waals surface area contributed by atoms with Crippen LogP contribution in [0.5, 0.6) is 0 Å². The van der Waals surface area contributed by atoms with Crippen molar-refractivity contribution >= 4 is 6.21 Å². The predicted molar refractivity (Wildman–Crippen MR) is 39.3 cm³/mol. The van der Waals surface area contributed by atoms with Crippen LogP contribution in [0.3, 0.4) is 0 Å². The summed E-state index contributed by atoms with van der Waals surface area (Å²) in [5, 5.41) is 3.70. The Balaban J connectivity index is 3.04. The minimum Gasteiger partial charge on any atom is -0.393 e. The van der Waals surface area contributed by atoms with Crippen LogP contribution in [-0.4, -0.2) is 12.3 Å². The molecule has 0 aromatic heterocycles. The highest BCUT2D eigenvalue weighted by Crippen LogP contribution is 1.87. The van der Waals surface area contributed by atoms with Crippen molar-refractivity contribution in [1.82, 2.24) is 0 Å². The summed E-state index contributed by atoms with van der Waals surface area (Å²) in [4.78, 5) is 4.89. The van der Waals surface area contributed by atoms with Crippen LogP contribution in [0, 0.1) is 6.92 Å². The van der Waals surface area contributed by atoms with Gasteiger partial charge in [0.15, 0.2) is 0 Å². The summed E-state index contributed by atoms with van der Waals surface area (Å²) >= 11 is 0. The van der Waals surface area contributed by atoms with E-state index in [2.05, 4.69) is 12.1 Å². The molecule has 0 saturated carbocycles. The second-order valence-electron chi connectivity index (χ2n) is 2.08. The van der Waals surface area contributed by atoms with Gasteiger partial charge in [0.1, 0.15) is 6.10 Å². The number of oxime groups is 1. The van der Waals surface area contributed by atoms with E-state index < -0.39 is 0 Å². The molecule has 0 N–H and O–H groups in total. The summed E-state index contributed by atoms with van der Waals surface area (Å²) in [7, 11) is 0. The molecule has 2 nitrogen and oxygen atoms in total. The van der Waals surface area contributed by atoms with Gasteiger partial charge in [0, 0.05) is 6.21 Å². The number of nitrogens with zero attached hydrogens (tertiary/aromatic N) is 1. The van der Waals surface area contributed by atoms with Gasteiger partial charge in [-0.05, 0) is 26.7 Å². The molecule has 2 heteroatoms. The van der Waals surface area contributed by atoms with Crippen molar-refractivity contribution in [3.63, 3.8) is 0 Å². The molecule has 0 aromatic rings. The molecule has 0 rings (SSSR count). The van der Waals surface area contributed by atoms with Gasteiger partial charge in [-0.1, -0.05) is 12.1 Å². The van der Waals surface area contributed by atoms with Gasteiger partial charge in [-0.3, -0.25) is 0 Å². The maximum absolute atomic E-state index is 4.89. The van der Waals surface area contributed by atoms with Gasteiger partial charge < -0.3 is 4.84 Å². The van der Waals surface area contributed by atoms with Gasteiger partial charge in [0.2, 0.25) is 0 Å². The smallest absolute Gasteiger partial charge is 0.121 e. The van der Waals surface area contributed by atoms with Gasteiger partial charge in [0.25, 0.3) is 0 Å². The Labute approximate surface area is 56.9 Å². The van der Waals surface area contributed by atoms with Crippen molar-refractivity contribution in [2.75, 3.05) is 0 Å². The van der Waals surface area contributed by atoms with Crippen LogP contribution in [0.25, 0.3) is 0 Å². The first kappa shape index (κ1) is 8.47. The van der Waals surface area contributed by atoms with E-state index in [1.165, 1.54) is 0 Å². The zero-order valence-electron chi connectivity index (χ0n) is 6.13. The molecule has 0 aromatic carbocycles. The molecule has 0 aliphatic rings. The van der Waals surface area contributed by atoms with E-state index in [9.17, 15) is 0 Å². The molecule has 0 unspecified atom stereocenters. The molecule has 53 valence electrons. The molecule has 0 aliphatic carbocycles. The van der Waals surface area contributed by atoms with Crippen LogP contribution in [0.15, 0.2) is 5.16 Å². The highest BCUT2D eigenvalue weighted by atomic mass is 16.6. The first-order chi connectivity index (χ1) is 4.27. The van der Waals surface area contributed by atoms with Crippen LogP contribution in [0.2, 0.25) is 0 Å². The summed E-state index contributed by atoms with van der Waals surface area (Å²) < 4.78 is 0. The van der Waals surface area contributed by atoms with Crippen molar-refractivity contribution in [2.45, 2.75) is 32.8 Å². The molecule has 0 heterocycles. The summed E-state index contributed by atoms with van der Waals surface area (Å²) in [6, 6.07) is 0. The first-order valence-corrected chi connectivity index (χ1v) is 3.24. The molecule has 0 amide bonds. The van der Waals surface area contributed by atoms with Crippen molar-refractivity contribution in [3.8, 4) is 0 Å². The van der Waals surface area contributed by atoms with Crippen molar-refractivity contribution in [1.29, 1.82) is 0 Å². The molecule has 0 atom stereocenters. The first-order valence-electron chi connectivity index (χ1n) is 3.24. The van der Waals surface area contributed by atoms with E-state index in [0.717, 1.165) is 12.8 Å². The Hall–Kier alpha value is -0.530. The normalized spacial score (nSPS) is 11.1. The van der Waals surface area contributed by atoms with E-state index in [0.29, 0.717) is 0 Å². The Morgan fingerprint density at radius 3 is 2.78 bits per heavy atom. The molecule has 0 saturated heterocycles. The van der Waals surface area contributed by atoms with Gasteiger partial charge in [-0.25, -0.2) is 0 Å². The Morgan fingerprint density at radius 1 is 1.67 bits per heavy atom. The second kappa shape index (κ2) is 5.60. The standard InChI is InChI=1S/C7H14NO/c1-4-5-6-8-9-7(2)3/h6-7H,1,4-5H2,2-3H3/b8-6+. The van der Waals surface area contributed by atoms with Crippen LogP contribution in [0.1, 0.15) is 26.7 Å². The average Bonchev–Trinajstić information content (AvgIpc) is 1.80. The lowest BCUT2D eigenvalue weighted by atomic mass is 10.4. The van der Waals surface area contributed by atoms with E-state index in [4.69, 9.17) is 4.84 Å². The summed E-state index contributed by atoms with van der Waals surface area (Å²) in [5.74, 6) is 0. The molecule has 0 bridgehead atoms. The fourth-order valence-corrected chi connectivity index (χ4v) is 0.309. The number of hydrogen-bond donors (Lipinski definition) is 0. The number of unbranched alkanes of at least 4 members (excludes halogenated alkanes) is 1. The number of rotatable bonds is 4. The maximum Gasteiger partial charge on any atom is 0.121 e. The quantitative estimate of drug-likeness (QED) is 0.419. The van der Waals surface area contributed by atoms with Crippen molar-refractivity contribution in [3.05, 3.63) is 6.92 Å². The van der Waals surface area contributed by atoms with Crippen molar-refractivity contribution < 1.29 is 4.84 Å². The van der Waals surface area contributed by atoms with Crippen LogP contribution in [-0.2, 0) is 4.84 Å². The highest BCUT2D eigenvalue weighted by molar-refractivity contribution is 5.56. The van der Waals surface area contributed by atoms with Gasteiger partial charge in [-0.15, -0.1) is 0 Å². The lowest BCUT2D eigenvalue weighted by Gasteiger charge is -1.99. The molecule has 9 heavy (non-hydrogen) atoms. The van der Waals surface area contributed by atoms with Crippen molar-refractivity contribution in [2.24, 2.45) is 5.16 Å². The largest absolute Gasteiger partial charge is 0.393 e.